The Balaban J connectivity index is 1.50. The highest BCUT2D eigenvalue weighted by molar-refractivity contribution is 5.95. The highest BCUT2D eigenvalue weighted by atomic mass is 15.0. The summed E-state index contributed by atoms with van der Waals surface area (Å²) in [5.74, 6) is 0.949. The molecule has 1 aromatic heterocycles. The van der Waals surface area contributed by atoms with Gasteiger partial charge in [0, 0.05) is 5.39 Å². The summed E-state index contributed by atoms with van der Waals surface area (Å²) in [6.07, 6.45) is 2.27. The molecule has 0 aliphatic heterocycles. The molecule has 1 aliphatic carbocycles. The maximum atomic E-state index is 4.89. The summed E-state index contributed by atoms with van der Waals surface area (Å²) in [7, 11) is 0. The molecule has 2 nitrogen and oxygen atoms in total. The van der Waals surface area contributed by atoms with Crippen molar-refractivity contribution in [3.63, 3.8) is 0 Å². The monoisotopic (exact) mass is 336 g/mol. The van der Waals surface area contributed by atoms with Crippen LogP contribution < -0.4 is 5.32 Å². The molecule has 0 amide bonds. The first-order chi connectivity index (χ1) is 12.9. The Labute approximate surface area is 153 Å². The van der Waals surface area contributed by atoms with Gasteiger partial charge in [-0.3, -0.25) is 0 Å². The van der Waals surface area contributed by atoms with E-state index in [4.69, 9.17) is 4.98 Å². The maximum absolute atomic E-state index is 4.89. The molecule has 126 valence electrons. The van der Waals surface area contributed by atoms with E-state index >= 15 is 0 Å². The number of benzene rings is 3. The lowest BCUT2D eigenvalue weighted by Crippen LogP contribution is -2.08. The molecule has 0 saturated heterocycles. The van der Waals surface area contributed by atoms with Crippen molar-refractivity contribution in [1.29, 1.82) is 0 Å². The van der Waals surface area contributed by atoms with Gasteiger partial charge >= 0.3 is 0 Å². The van der Waals surface area contributed by atoms with Gasteiger partial charge in [-0.2, -0.15) is 0 Å². The minimum Gasteiger partial charge on any atom is -0.363 e. The molecule has 0 spiro atoms. The molecule has 1 heterocycles. The number of nitrogens with zero attached hydrogens (tertiary/aromatic N) is 1. The molecule has 26 heavy (non-hydrogen) atoms. The lowest BCUT2D eigenvalue weighted by molar-refractivity contribution is 0.758. The number of pyridine rings is 1. The predicted octanol–water partition coefficient (Wildman–Crippen LogP) is 6.00. The first kappa shape index (κ1) is 15.2. The highest BCUT2D eigenvalue weighted by Gasteiger charge is 2.22. The Bertz CT molecular complexity index is 1070. The SMILES string of the molecule is c1ccc(-c2cccc3nc(NC4CCc5ccccc54)ccc23)cc1. The largest absolute Gasteiger partial charge is 0.363 e. The van der Waals surface area contributed by atoms with Crippen LogP contribution in [-0.4, -0.2) is 4.98 Å². The number of hydrogen-bond donors (Lipinski definition) is 1. The summed E-state index contributed by atoms with van der Waals surface area (Å²) in [5.41, 5.74) is 6.35. The fourth-order valence-corrected chi connectivity index (χ4v) is 3.99. The van der Waals surface area contributed by atoms with E-state index < -0.39 is 0 Å². The van der Waals surface area contributed by atoms with Gasteiger partial charge in [-0.05, 0) is 53.3 Å². The quantitative estimate of drug-likeness (QED) is 0.496. The van der Waals surface area contributed by atoms with Crippen molar-refractivity contribution in [3.05, 3.63) is 96.1 Å². The molecule has 0 saturated carbocycles. The van der Waals surface area contributed by atoms with Crippen LogP contribution in [0.15, 0.2) is 84.9 Å². The Morgan fingerprint density at radius 2 is 1.62 bits per heavy atom. The smallest absolute Gasteiger partial charge is 0.127 e. The van der Waals surface area contributed by atoms with E-state index in [1.54, 1.807) is 0 Å². The second kappa shape index (κ2) is 6.30. The first-order valence-electron chi connectivity index (χ1n) is 9.18. The minimum absolute atomic E-state index is 0.355. The second-order valence-corrected chi connectivity index (χ2v) is 6.87. The van der Waals surface area contributed by atoms with E-state index in [1.807, 2.05) is 6.07 Å². The summed E-state index contributed by atoms with van der Waals surface area (Å²) in [4.78, 5) is 4.89. The number of fused-ring (bicyclic) bond motifs is 2. The van der Waals surface area contributed by atoms with Crippen LogP contribution in [0.5, 0.6) is 0 Å². The zero-order chi connectivity index (χ0) is 17.3. The third-order valence-electron chi connectivity index (χ3n) is 5.27. The number of hydrogen-bond acceptors (Lipinski definition) is 2. The first-order valence-corrected chi connectivity index (χ1v) is 9.18. The number of rotatable bonds is 3. The molecule has 0 bridgehead atoms. The fourth-order valence-electron chi connectivity index (χ4n) is 3.99. The van der Waals surface area contributed by atoms with Gasteiger partial charge in [0.25, 0.3) is 0 Å². The van der Waals surface area contributed by atoms with Crippen LogP contribution in [0.25, 0.3) is 22.0 Å². The van der Waals surface area contributed by atoms with E-state index in [1.165, 1.54) is 27.6 Å². The summed E-state index contributed by atoms with van der Waals surface area (Å²) in [6, 6.07) is 30.2. The van der Waals surface area contributed by atoms with Crippen LogP contribution in [0.1, 0.15) is 23.6 Å². The lowest BCUT2D eigenvalue weighted by Gasteiger charge is -2.15. The Morgan fingerprint density at radius 1 is 0.769 bits per heavy atom. The van der Waals surface area contributed by atoms with E-state index in [0.717, 1.165) is 24.2 Å². The summed E-state index contributed by atoms with van der Waals surface area (Å²) < 4.78 is 0. The Kier molecular flexibility index (Phi) is 3.67. The van der Waals surface area contributed by atoms with Crippen LogP contribution >= 0.6 is 0 Å². The third kappa shape index (κ3) is 2.64. The normalized spacial score (nSPS) is 15.8. The predicted molar refractivity (Wildman–Crippen MR) is 108 cm³/mol. The average Bonchev–Trinajstić information content (AvgIpc) is 3.11. The molecule has 1 unspecified atom stereocenters. The van der Waals surface area contributed by atoms with Crippen molar-refractivity contribution >= 4 is 16.7 Å². The molecular formula is C24H20N2. The highest BCUT2D eigenvalue weighted by Crippen LogP contribution is 2.34. The fraction of sp³-hybridized carbons (Fsp3) is 0.125. The van der Waals surface area contributed by atoms with E-state index in [0.29, 0.717) is 6.04 Å². The Hall–Kier alpha value is -3.13. The standard InChI is InChI=1S/C24H20N2/c1-2-7-17(8-3-1)19-11-6-12-22-21(19)14-16-24(25-22)26-23-15-13-18-9-4-5-10-20(18)23/h1-12,14,16,23H,13,15H2,(H,25,26). The zero-order valence-electron chi connectivity index (χ0n) is 14.5. The molecule has 1 N–H and O–H groups in total. The van der Waals surface area contributed by atoms with Gasteiger partial charge in [0.1, 0.15) is 5.82 Å². The minimum atomic E-state index is 0.355. The second-order valence-electron chi connectivity index (χ2n) is 6.87. The van der Waals surface area contributed by atoms with Crippen molar-refractivity contribution < 1.29 is 0 Å². The third-order valence-corrected chi connectivity index (χ3v) is 5.27. The molecule has 3 aromatic carbocycles. The molecule has 1 atom stereocenters. The van der Waals surface area contributed by atoms with Crippen LogP contribution in [0, 0.1) is 0 Å². The molecular weight excluding hydrogens is 316 g/mol. The zero-order valence-corrected chi connectivity index (χ0v) is 14.5. The van der Waals surface area contributed by atoms with Crippen molar-refractivity contribution in [2.75, 3.05) is 5.32 Å². The summed E-state index contributed by atoms with van der Waals surface area (Å²) >= 11 is 0. The molecule has 1 aliphatic rings. The van der Waals surface area contributed by atoms with E-state index in [9.17, 15) is 0 Å². The van der Waals surface area contributed by atoms with Gasteiger partial charge in [-0.1, -0.05) is 66.7 Å². The number of nitrogens with one attached hydrogen (secondary N) is 1. The summed E-state index contributed by atoms with van der Waals surface area (Å²) in [6.45, 7) is 0. The summed E-state index contributed by atoms with van der Waals surface area (Å²) in [5, 5.41) is 4.83. The van der Waals surface area contributed by atoms with Crippen LogP contribution in [0.4, 0.5) is 5.82 Å². The van der Waals surface area contributed by atoms with E-state index in [2.05, 4.69) is 84.2 Å². The average molecular weight is 336 g/mol. The van der Waals surface area contributed by atoms with Gasteiger partial charge in [-0.25, -0.2) is 4.98 Å². The number of aryl methyl sites for hydroxylation is 1. The van der Waals surface area contributed by atoms with Crippen LogP contribution in [-0.2, 0) is 6.42 Å². The topological polar surface area (TPSA) is 24.9 Å². The van der Waals surface area contributed by atoms with Gasteiger partial charge < -0.3 is 5.32 Å². The number of aromatic nitrogens is 1. The van der Waals surface area contributed by atoms with Gasteiger partial charge in [-0.15, -0.1) is 0 Å². The van der Waals surface area contributed by atoms with Gasteiger partial charge in [0.05, 0.1) is 11.6 Å². The molecule has 5 rings (SSSR count). The number of anilines is 1. The van der Waals surface area contributed by atoms with E-state index in [-0.39, 0.29) is 0 Å². The lowest BCUT2D eigenvalue weighted by atomic mass is 10.0. The van der Waals surface area contributed by atoms with Crippen LogP contribution in [0.3, 0.4) is 0 Å². The Morgan fingerprint density at radius 3 is 2.54 bits per heavy atom. The van der Waals surface area contributed by atoms with Gasteiger partial charge in [0.2, 0.25) is 0 Å². The molecule has 0 fully saturated rings. The maximum Gasteiger partial charge on any atom is 0.127 e. The molecule has 4 aromatic rings. The van der Waals surface area contributed by atoms with Gasteiger partial charge in [0.15, 0.2) is 0 Å². The molecule has 0 radical (unpaired) electrons. The molecule has 2 heteroatoms. The van der Waals surface area contributed by atoms with Crippen molar-refractivity contribution in [1.82, 2.24) is 4.98 Å². The van der Waals surface area contributed by atoms with Crippen molar-refractivity contribution in [2.24, 2.45) is 0 Å². The van der Waals surface area contributed by atoms with Crippen molar-refractivity contribution in [3.8, 4) is 11.1 Å². The van der Waals surface area contributed by atoms with Crippen LogP contribution in [0.2, 0.25) is 0 Å². The van der Waals surface area contributed by atoms with Crippen molar-refractivity contribution in [2.45, 2.75) is 18.9 Å².